The molecule has 0 aliphatic carbocycles. The summed E-state index contributed by atoms with van der Waals surface area (Å²) in [6.07, 6.45) is 3.80. The van der Waals surface area contributed by atoms with E-state index in [1.165, 1.54) is 5.19 Å². The molecule has 0 spiro atoms. The molecule has 0 radical (unpaired) electrons. The average Bonchev–Trinajstić information content (AvgIpc) is 2.56. The molecule has 22 heavy (non-hydrogen) atoms. The number of hydrogen-bond donors (Lipinski definition) is 1. The van der Waals surface area contributed by atoms with Crippen LogP contribution >= 0.6 is 0 Å². The molecule has 0 amide bonds. The Balaban J connectivity index is 1.82. The smallest absolute Gasteiger partial charge is 0.118 e. The molecule has 2 nitrogen and oxygen atoms in total. The van der Waals surface area contributed by atoms with Crippen molar-refractivity contribution >= 4 is 13.3 Å². The largest absolute Gasteiger partial charge is 0.392 e. The van der Waals surface area contributed by atoms with Crippen LogP contribution in [-0.2, 0) is 11.3 Å². The first-order valence-corrected chi connectivity index (χ1v) is 10.7. The summed E-state index contributed by atoms with van der Waals surface area (Å²) in [6.45, 7) is 5.48. The Hall–Kier alpha value is -1.68. The summed E-state index contributed by atoms with van der Waals surface area (Å²) in [5, 5.41) is 11.7. The van der Waals surface area contributed by atoms with Crippen LogP contribution < -0.4 is 5.19 Å². The Morgan fingerprint density at radius 2 is 1.59 bits per heavy atom. The maximum atomic E-state index is 10.5. The number of aliphatic hydroxyl groups excluding tert-OH is 1. The predicted molar refractivity (Wildman–Crippen MR) is 94.8 cm³/mol. The molecule has 0 aliphatic rings. The van der Waals surface area contributed by atoms with E-state index in [-0.39, 0.29) is 0 Å². The van der Waals surface area contributed by atoms with Crippen molar-refractivity contribution in [2.45, 2.75) is 25.4 Å². The summed E-state index contributed by atoms with van der Waals surface area (Å²) in [6, 6.07) is 20.4. The van der Waals surface area contributed by atoms with Crippen LogP contribution in [0.5, 0.6) is 0 Å². The molecule has 0 saturated heterocycles. The SMILES string of the molecule is C[Si](C)(c1ccccc1)C(O)/C=C/COCc1ccccc1. The summed E-state index contributed by atoms with van der Waals surface area (Å²) < 4.78 is 5.61. The van der Waals surface area contributed by atoms with Gasteiger partial charge in [-0.25, -0.2) is 0 Å². The second kappa shape index (κ2) is 8.08. The minimum atomic E-state index is -1.89. The highest BCUT2D eigenvalue weighted by molar-refractivity contribution is 6.91. The zero-order valence-electron chi connectivity index (χ0n) is 13.3. The highest BCUT2D eigenvalue weighted by atomic mass is 28.3. The van der Waals surface area contributed by atoms with Crippen molar-refractivity contribution in [3.8, 4) is 0 Å². The van der Waals surface area contributed by atoms with Gasteiger partial charge in [0.15, 0.2) is 0 Å². The van der Waals surface area contributed by atoms with Crippen molar-refractivity contribution in [3.05, 3.63) is 78.4 Å². The van der Waals surface area contributed by atoms with Gasteiger partial charge in [-0.2, -0.15) is 0 Å². The van der Waals surface area contributed by atoms with Gasteiger partial charge in [0.1, 0.15) is 8.07 Å². The summed E-state index contributed by atoms with van der Waals surface area (Å²) in [4.78, 5) is 0. The molecule has 2 rings (SSSR count). The molecule has 2 aromatic carbocycles. The molecule has 0 bridgehead atoms. The van der Waals surface area contributed by atoms with Crippen LogP contribution in [0.1, 0.15) is 5.56 Å². The third kappa shape index (κ3) is 4.66. The van der Waals surface area contributed by atoms with Gasteiger partial charge in [0.2, 0.25) is 0 Å². The van der Waals surface area contributed by atoms with E-state index in [2.05, 4.69) is 25.2 Å². The monoisotopic (exact) mass is 312 g/mol. The Labute approximate surface area is 134 Å². The standard InChI is InChI=1S/C19H24O2Si/c1-22(2,18-12-7-4-8-13-18)19(20)14-9-15-21-16-17-10-5-3-6-11-17/h3-14,19-20H,15-16H2,1-2H3/b14-9+. The van der Waals surface area contributed by atoms with Crippen molar-refractivity contribution in [1.82, 2.24) is 0 Å². The number of benzene rings is 2. The lowest BCUT2D eigenvalue weighted by Crippen LogP contribution is -2.51. The van der Waals surface area contributed by atoms with Crippen molar-refractivity contribution in [3.63, 3.8) is 0 Å². The van der Waals surface area contributed by atoms with E-state index in [1.54, 1.807) is 0 Å². The number of ether oxygens (including phenoxy) is 1. The summed E-state index contributed by atoms with van der Waals surface area (Å²) in [5.41, 5.74) is 0.755. The van der Waals surface area contributed by atoms with E-state index < -0.39 is 13.8 Å². The normalized spacial score (nSPS) is 13.4. The average molecular weight is 312 g/mol. The Bertz CT molecular complexity index is 579. The first-order valence-electron chi connectivity index (χ1n) is 7.62. The lowest BCUT2D eigenvalue weighted by Gasteiger charge is -2.26. The second-order valence-corrected chi connectivity index (χ2v) is 10.6. The van der Waals surface area contributed by atoms with Gasteiger partial charge in [-0.15, -0.1) is 0 Å². The van der Waals surface area contributed by atoms with E-state index in [0.29, 0.717) is 13.2 Å². The molecule has 1 N–H and O–H groups in total. The van der Waals surface area contributed by atoms with Gasteiger partial charge in [0.05, 0.1) is 18.9 Å². The van der Waals surface area contributed by atoms with Gasteiger partial charge in [-0.1, -0.05) is 91.1 Å². The van der Waals surface area contributed by atoms with E-state index in [4.69, 9.17) is 4.74 Å². The Morgan fingerprint density at radius 3 is 2.23 bits per heavy atom. The van der Waals surface area contributed by atoms with Crippen LogP contribution in [0, 0.1) is 0 Å². The topological polar surface area (TPSA) is 29.5 Å². The molecular formula is C19H24O2Si. The zero-order valence-corrected chi connectivity index (χ0v) is 14.3. The zero-order chi connectivity index (χ0) is 15.8. The molecule has 1 atom stereocenters. The first-order chi connectivity index (χ1) is 10.6. The van der Waals surface area contributed by atoms with Crippen LogP contribution in [0.3, 0.4) is 0 Å². The molecule has 0 aliphatic heterocycles. The highest BCUT2D eigenvalue weighted by Gasteiger charge is 2.30. The Morgan fingerprint density at radius 1 is 1.00 bits per heavy atom. The number of aliphatic hydroxyl groups is 1. The Kier molecular flexibility index (Phi) is 6.13. The third-order valence-corrected chi connectivity index (χ3v) is 7.39. The van der Waals surface area contributed by atoms with Gasteiger partial charge in [-0.3, -0.25) is 0 Å². The van der Waals surface area contributed by atoms with Crippen molar-refractivity contribution in [2.24, 2.45) is 0 Å². The molecule has 0 aromatic heterocycles. The molecule has 0 heterocycles. The third-order valence-electron chi connectivity index (χ3n) is 3.90. The fourth-order valence-electron chi connectivity index (χ4n) is 2.28. The maximum absolute atomic E-state index is 10.5. The fraction of sp³-hybridized carbons (Fsp3) is 0.263. The van der Waals surface area contributed by atoms with E-state index >= 15 is 0 Å². The summed E-state index contributed by atoms with van der Waals surface area (Å²) in [5.74, 6) is 0. The molecule has 0 fully saturated rings. The highest BCUT2D eigenvalue weighted by Crippen LogP contribution is 2.10. The summed E-state index contributed by atoms with van der Waals surface area (Å²) >= 11 is 0. The van der Waals surface area contributed by atoms with Gasteiger partial charge in [0.25, 0.3) is 0 Å². The fourth-order valence-corrected chi connectivity index (χ4v) is 4.29. The van der Waals surface area contributed by atoms with Gasteiger partial charge in [0, 0.05) is 0 Å². The van der Waals surface area contributed by atoms with Gasteiger partial charge >= 0.3 is 0 Å². The minimum Gasteiger partial charge on any atom is -0.392 e. The summed E-state index contributed by atoms with van der Waals surface area (Å²) in [7, 11) is -1.89. The minimum absolute atomic E-state index is 0.407. The van der Waals surface area contributed by atoms with Crippen LogP contribution in [0.25, 0.3) is 0 Å². The van der Waals surface area contributed by atoms with Crippen LogP contribution in [0.2, 0.25) is 13.1 Å². The van der Waals surface area contributed by atoms with E-state index in [1.807, 2.05) is 60.7 Å². The lowest BCUT2D eigenvalue weighted by molar-refractivity contribution is 0.148. The lowest BCUT2D eigenvalue weighted by atomic mass is 10.2. The van der Waals surface area contributed by atoms with Crippen molar-refractivity contribution in [2.75, 3.05) is 6.61 Å². The first kappa shape index (κ1) is 16.7. The van der Waals surface area contributed by atoms with Gasteiger partial charge < -0.3 is 9.84 Å². The number of hydrogen-bond acceptors (Lipinski definition) is 2. The number of rotatable bonds is 7. The van der Waals surface area contributed by atoms with Crippen molar-refractivity contribution < 1.29 is 9.84 Å². The van der Waals surface area contributed by atoms with E-state index in [0.717, 1.165) is 5.56 Å². The molecule has 0 saturated carbocycles. The second-order valence-electron chi connectivity index (χ2n) is 5.96. The van der Waals surface area contributed by atoms with E-state index in [9.17, 15) is 5.11 Å². The van der Waals surface area contributed by atoms with Gasteiger partial charge in [-0.05, 0) is 5.56 Å². The van der Waals surface area contributed by atoms with Crippen molar-refractivity contribution in [1.29, 1.82) is 0 Å². The van der Waals surface area contributed by atoms with Crippen LogP contribution in [-0.4, -0.2) is 25.5 Å². The predicted octanol–water partition coefficient (Wildman–Crippen LogP) is 3.28. The molecule has 2 aromatic rings. The van der Waals surface area contributed by atoms with Crippen LogP contribution in [0.15, 0.2) is 72.8 Å². The maximum Gasteiger partial charge on any atom is 0.118 e. The quantitative estimate of drug-likeness (QED) is 0.483. The molecule has 116 valence electrons. The molecule has 1 unspecified atom stereocenters. The molecular weight excluding hydrogens is 288 g/mol. The van der Waals surface area contributed by atoms with Crippen LogP contribution in [0.4, 0.5) is 0 Å². The molecule has 3 heteroatoms.